The molecule has 1 N–H and O–H groups in total. The Kier molecular flexibility index (Phi) is 3.00. The largest absolute Gasteiger partial charge is 0.369 e. The summed E-state index contributed by atoms with van der Waals surface area (Å²) in [7, 11) is 3.89. The van der Waals surface area contributed by atoms with Crippen LogP contribution in [0.1, 0.15) is 0 Å². The summed E-state index contributed by atoms with van der Waals surface area (Å²) in [6, 6.07) is 7.98. The van der Waals surface area contributed by atoms with Crippen LogP contribution in [0.5, 0.6) is 0 Å². The fourth-order valence-electron chi connectivity index (χ4n) is 1.32. The first-order valence-electron chi connectivity index (χ1n) is 5.05. The summed E-state index contributed by atoms with van der Waals surface area (Å²) in [6.07, 6.45) is 5.33. The standard InChI is InChI=1S/C12H14N4/c1-16(2)9-15-11-5-3-10(4-6-11)12-7-13-8-14-12/h3-9H,1-2H3,(H,13,14). The summed E-state index contributed by atoms with van der Waals surface area (Å²) >= 11 is 0. The van der Waals surface area contributed by atoms with Gasteiger partial charge < -0.3 is 9.88 Å². The van der Waals surface area contributed by atoms with Crippen LogP contribution >= 0.6 is 0 Å². The third-order valence-corrected chi connectivity index (χ3v) is 2.10. The number of aliphatic imine (C=N–C) groups is 1. The van der Waals surface area contributed by atoms with Crippen LogP contribution in [0.25, 0.3) is 11.3 Å². The van der Waals surface area contributed by atoms with Gasteiger partial charge in [-0.15, -0.1) is 0 Å². The van der Waals surface area contributed by atoms with E-state index in [1.165, 1.54) is 0 Å². The molecular formula is C12H14N4. The molecule has 0 spiro atoms. The van der Waals surface area contributed by atoms with Crippen LogP contribution in [0, 0.1) is 0 Å². The Morgan fingerprint density at radius 3 is 2.56 bits per heavy atom. The van der Waals surface area contributed by atoms with Gasteiger partial charge >= 0.3 is 0 Å². The van der Waals surface area contributed by atoms with E-state index >= 15 is 0 Å². The van der Waals surface area contributed by atoms with Crippen molar-refractivity contribution in [2.24, 2.45) is 4.99 Å². The van der Waals surface area contributed by atoms with E-state index in [9.17, 15) is 0 Å². The molecule has 0 saturated carbocycles. The molecule has 82 valence electrons. The average molecular weight is 214 g/mol. The molecule has 1 aromatic carbocycles. The molecule has 2 aromatic rings. The average Bonchev–Trinajstić information content (AvgIpc) is 2.80. The predicted molar refractivity (Wildman–Crippen MR) is 65.9 cm³/mol. The minimum atomic E-state index is 0.938. The van der Waals surface area contributed by atoms with Crippen molar-refractivity contribution in [3.8, 4) is 11.3 Å². The lowest BCUT2D eigenvalue weighted by Crippen LogP contribution is -2.06. The highest BCUT2D eigenvalue weighted by molar-refractivity contribution is 5.64. The lowest BCUT2D eigenvalue weighted by atomic mass is 10.1. The van der Waals surface area contributed by atoms with Crippen molar-refractivity contribution in [1.82, 2.24) is 14.9 Å². The second-order valence-corrected chi connectivity index (χ2v) is 3.71. The van der Waals surface area contributed by atoms with Gasteiger partial charge in [-0.2, -0.15) is 0 Å². The van der Waals surface area contributed by atoms with Gasteiger partial charge in [-0.25, -0.2) is 9.98 Å². The number of benzene rings is 1. The molecule has 0 aliphatic heterocycles. The zero-order valence-corrected chi connectivity index (χ0v) is 9.38. The normalized spacial score (nSPS) is 10.9. The zero-order chi connectivity index (χ0) is 11.4. The van der Waals surface area contributed by atoms with Crippen LogP contribution in [0.3, 0.4) is 0 Å². The first kappa shape index (κ1) is 10.4. The van der Waals surface area contributed by atoms with Crippen LogP contribution in [-0.4, -0.2) is 35.3 Å². The van der Waals surface area contributed by atoms with Crippen molar-refractivity contribution in [1.29, 1.82) is 0 Å². The minimum absolute atomic E-state index is 0.938. The summed E-state index contributed by atoms with van der Waals surface area (Å²) in [4.78, 5) is 13.3. The minimum Gasteiger partial charge on any atom is -0.369 e. The van der Waals surface area contributed by atoms with Gasteiger partial charge in [-0.1, -0.05) is 12.1 Å². The van der Waals surface area contributed by atoms with Crippen LogP contribution in [0.15, 0.2) is 41.8 Å². The topological polar surface area (TPSA) is 44.3 Å². The maximum atomic E-state index is 4.30. The van der Waals surface area contributed by atoms with E-state index in [0.29, 0.717) is 0 Å². The van der Waals surface area contributed by atoms with Crippen molar-refractivity contribution in [2.75, 3.05) is 14.1 Å². The highest BCUT2D eigenvalue weighted by Crippen LogP contribution is 2.19. The fraction of sp³-hybridized carbons (Fsp3) is 0.167. The Labute approximate surface area is 94.7 Å². The Morgan fingerprint density at radius 2 is 2.00 bits per heavy atom. The maximum absolute atomic E-state index is 4.30. The van der Waals surface area contributed by atoms with Crippen molar-refractivity contribution in [3.63, 3.8) is 0 Å². The van der Waals surface area contributed by atoms with E-state index in [4.69, 9.17) is 0 Å². The molecule has 4 heteroatoms. The summed E-state index contributed by atoms with van der Waals surface area (Å²) in [6.45, 7) is 0. The molecule has 1 heterocycles. The van der Waals surface area contributed by atoms with E-state index in [2.05, 4.69) is 15.0 Å². The van der Waals surface area contributed by atoms with Gasteiger partial charge in [0, 0.05) is 25.9 Å². The Balaban J connectivity index is 2.17. The second-order valence-electron chi connectivity index (χ2n) is 3.71. The van der Waals surface area contributed by atoms with Crippen LogP contribution in [-0.2, 0) is 0 Å². The lowest BCUT2D eigenvalue weighted by Gasteiger charge is -2.02. The predicted octanol–water partition coefficient (Wildman–Crippen LogP) is 2.30. The molecule has 0 saturated heterocycles. The number of rotatable bonds is 3. The Hall–Kier alpha value is -2.10. The van der Waals surface area contributed by atoms with Gasteiger partial charge in [0.1, 0.15) is 0 Å². The monoisotopic (exact) mass is 214 g/mol. The molecule has 16 heavy (non-hydrogen) atoms. The number of hydrogen-bond donors (Lipinski definition) is 1. The van der Waals surface area contributed by atoms with Crippen molar-refractivity contribution in [2.45, 2.75) is 0 Å². The van der Waals surface area contributed by atoms with Crippen molar-refractivity contribution < 1.29 is 0 Å². The highest BCUT2D eigenvalue weighted by Gasteiger charge is 1.98. The van der Waals surface area contributed by atoms with Gasteiger partial charge in [0.2, 0.25) is 0 Å². The van der Waals surface area contributed by atoms with Crippen molar-refractivity contribution >= 4 is 12.0 Å². The molecular weight excluding hydrogens is 200 g/mol. The molecule has 0 radical (unpaired) electrons. The van der Waals surface area contributed by atoms with Gasteiger partial charge in [0.15, 0.2) is 0 Å². The number of nitrogens with zero attached hydrogens (tertiary/aromatic N) is 3. The molecule has 1 aromatic heterocycles. The summed E-state index contributed by atoms with van der Waals surface area (Å²) in [5.74, 6) is 0. The molecule has 0 aliphatic rings. The van der Waals surface area contributed by atoms with E-state index in [0.717, 1.165) is 16.9 Å². The number of aromatic amines is 1. The molecule has 0 amide bonds. The van der Waals surface area contributed by atoms with E-state index < -0.39 is 0 Å². The number of imidazole rings is 1. The molecule has 0 bridgehead atoms. The number of hydrogen-bond acceptors (Lipinski definition) is 2. The summed E-state index contributed by atoms with van der Waals surface area (Å²) < 4.78 is 0. The van der Waals surface area contributed by atoms with Gasteiger partial charge in [0.05, 0.1) is 24.0 Å². The van der Waals surface area contributed by atoms with Crippen LogP contribution in [0.2, 0.25) is 0 Å². The smallest absolute Gasteiger partial charge is 0.0927 e. The summed E-state index contributed by atoms with van der Waals surface area (Å²) in [5.41, 5.74) is 2.97. The molecule has 0 aliphatic carbocycles. The van der Waals surface area contributed by atoms with E-state index in [1.807, 2.05) is 49.5 Å². The molecule has 2 rings (SSSR count). The molecule has 4 nitrogen and oxygen atoms in total. The third-order valence-electron chi connectivity index (χ3n) is 2.10. The first-order valence-corrected chi connectivity index (χ1v) is 5.05. The molecule has 0 unspecified atom stereocenters. The van der Waals surface area contributed by atoms with Gasteiger partial charge in [-0.3, -0.25) is 0 Å². The number of H-pyrrole nitrogens is 1. The highest BCUT2D eigenvalue weighted by atomic mass is 15.1. The fourth-order valence-corrected chi connectivity index (χ4v) is 1.32. The van der Waals surface area contributed by atoms with Gasteiger partial charge in [-0.05, 0) is 12.1 Å². The zero-order valence-electron chi connectivity index (χ0n) is 9.38. The lowest BCUT2D eigenvalue weighted by molar-refractivity contribution is 0.643. The van der Waals surface area contributed by atoms with Crippen LogP contribution < -0.4 is 0 Å². The quantitative estimate of drug-likeness (QED) is 0.629. The SMILES string of the molecule is CN(C)C=Nc1ccc(-c2c[nH]cn2)cc1. The van der Waals surface area contributed by atoms with E-state index in [-0.39, 0.29) is 0 Å². The third kappa shape index (κ3) is 2.48. The molecule has 0 fully saturated rings. The van der Waals surface area contributed by atoms with Crippen LogP contribution in [0.4, 0.5) is 5.69 Å². The first-order chi connectivity index (χ1) is 7.75. The second kappa shape index (κ2) is 4.61. The van der Waals surface area contributed by atoms with Crippen molar-refractivity contribution in [3.05, 3.63) is 36.8 Å². The van der Waals surface area contributed by atoms with E-state index in [1.54, 1.807) is 12.7 Å². The van der Waals surface area contributed by atoms with Gasteiger partial charge in [0.25, 0.3) is 0 Å². The Bertz CT molecular complexity index is 454. The summed E-state index contributed by atoms with van der Waals surface area (Å²) in [5, 5.41) is 0. The number of aromatic nitrogens is 2. The number of nitrogens with one attached hydrogen (secondary N) is 1. The molecule has 0 atom stereocenters. The Morgan fingerprint density at radius 1 is 1.25 bits per heavy atom. The maximum Gasteiger partial charge on any atom is 0.0927 e.